The van der Waals surface area contributed by atoms with Crippen LogP contribution in [-0.4, -0.2) is 23.1 Å². The van der Waals surface area contributed by atoms with Crippen molar-refractivity contribution >= 4 is 34.6 Å². The van der Waals surface area contributed by atoms with Crippen molar-refractivity contribution < 1.29 is 14.5 Å². The Labute approximate surface area is 120 Å². The normalized spacial score (nSPS) is 13.4. The van der Waals surface area contributed by atoms with Crippen LogP contribution in [0.15, 0.2) is 18.2 Å². The monoisotopic (exact) mass is 295 g/mol. The third-order valence-electron chi connectivity index (χ3n) is 2.83. The molecule has 0 unspecified atom stereocenters. The highest BCUT2D eigenvalue weighted by Crippen LogP contribution is 2.30. The van der Waals surface area contributed by atoms with Crippen molar-refractivity contribution in [1.82, 2.24) is 5.32 Å². The number of non-ortho nitro benzene ring substituents is 1. The van der Waals surface area contributed by atoms with Crippen LogP contribution < -0.4 is 15.4 Å². The number of nitrogens with one attached hydrogen (secondary N) is 2. The summed E-state index contributed by atoms with van der Waals surface area (Å²) >= 11 is 5.01. The summed E-state index contributed by atoms with van der Waals surface area (Å²) in [7, 11) is 1.44. The highest BCUT2D eigenvalue weighted by atomic mass is 32.1. The van der Waals surface area contributed by atoms with E-state index in [1.165, 1.54) is 25.3 Å². The zero-order valence-corrected chi connectivity index (χ0v) is 11.5. The van der Waals surface area contributed by atoms with Crippen LogP contribution in [0.4, 0.5) is 11.4 Å². The Hall–Kier alpha value is -2.22. The molecule has 1 fully saturated rings. The molecule has 1 saturated carbocycles. The molecular formula is C12H13N3O4S. The Balaban J connectivity index is 2.09. The number of ether oxygens (including phenoxy) is 1. The number of hydrogen-bond acceptors (Lipinski definition) is 5. The van der Waals surface area contributed by atoms with Crippen LogP contribution >= 0.6 is 12.2 Å². The quantitative estimate of drug-likeness (QED) is 0.500. The van der Waals surface area contributed by atoms with E-state index < -0.39 is 4.92 Å². The number of carbonyl (C=O) groups is 1. The molecule has 1 aromatic carbocycles. The third kappa shape index (κ3) is 3.41. The van der Waals surface area contributed by atoms with Crippen molar-refractivity contribution in [2.75, 3.05) is 12.4 Å². The van der Waals surface area contributed by atoms with Gasteiger partial charge in [0.05, 0.1) is 17.7 Å². The standard InChI is InChI=1S/C12H13N3O4S/c1-19-10-5-4-8(15(17)18)6-9(10)13-12(20)14-11(16)7-2-3-7/h4-7H,2-3H2,1H3,(H2,13,14,16,20). The predicted octanol–water partition coefficient (Wildman–Crippen LogP) is 1.83. The van der Waals surface area contributed by atoms with Crippen LogP contribution in [-0.2, 0) is 4.79 Å². The molecule has 1 aromatic rings. The smallest absolute Gasteiger partial charge is 0.271 e. The second kappa shape index (κ2) is 5.83. The van der Waals surface area contributed by atoms with Gasteiger partial charge in [0.25, 0.3) is 5.69 Å². The molecule has 0 heterocycles. The van der Waals surface area contributed by atoms with Crippen molar-refractivity contribution in [2.24, 2.45) is 5.92 Å². The van der Waals surface area contributed by atoms with Crippen molar-refractivity contribution in [3.05, 3.63) is 28.3 Å². The van der Waals surface area contributed by atoms with Gasteiger partial charge in [0.1, 0.15) is 5.75 Å². The number of hydrogen-bond donors (Lipinski definition) is 2. The van der Waals surface area contributed by atoms with Gasteiger partial charge >= 0.3 is 0 Å². The summed E-state index contributed by atoms with van der Waals surface area (Å²) in [6.07, 6.45) is 1.74. The van der Waals surface area contributed by atoms with Crippen LogP contribution in [0.3, 0.4) is 0 Å². The van der Waals surface area contributed by atoms with Gasteiger partial charge in [0.2, 0.25) is 5.91 Å². The van der Waals surface area contributed by atoms with Gasteiger partial charge in [-0.2, -0.15) is 0 Å². The van der Waals surface area contributed by atoms with E-state index in [2.05, 4.69) is 10.6 Å². The molecule has 1 amide bonds. The highest BCUT2D eigenvalue weighted by Gasteiger charge is 2.30. The van der Waals surface area contributed by atoms with Crippen molar-refractivity contribution in [3.63, 3.8) is 0 Å². The molecule has 0 aliphatic heterocycles. The van der Waals surface area contributed by atoms with Gasteiger partial charge in [0.15, 0.2) is 5.11 Å². The molecule has 1 aliphatic carbocycles. The molecule has 7 nitrogen and oxygen atoms in total. The number of nitrogens with zero attached hydrogens (tertiary/aromatic N) is 1. The first-order valence-corrected chi connectivity index (χ1v) is 6.36. The maximum Gasteiger partial charge on any atom is 0.271 e. The number of nitro benzene ring substituents is 1. The molecule has 8 heteroatoms. The number of rotatable bonds is 4. The lowest BCUT2D eigenvalue weighted by molar-refractivity contribution is -0.384. The zero-order chi connectivity index (χ0) is 14.7. The van der Waals surface area contributed by atoms with Crippen LogP contribution in [0.2, 0.25) is 0 Å². The maximum atomic E-state index is 11.6. The molecule has 0 aromatic heterocycles. The Bertz CT molecular complexity index is 572. The second-order valence-corrected chi connectivity index (χ2v) is 4.77. The molecule has 2 rings (SSSR count). The molecule has 20 heavy (non-hydrogen) atoms. The first-order chi connectivity index (χ1) is 9.51. The van der Waals surface area contributed by atoms with E-state index in [9.17, 15) is 14.9 Å². The van der Waals surface area contributed by atoms with Crippen LogP contribution in [0.1, 0.15) is 12.8 Å². The summed E-state index contributed by atoms with van der Waals surface area (Å²) < 4.78 is 5.09. The van der Waals surface area contributed by atoms with E-state index in [1.54, 1.807) is 0 Å². The molecule has 106 valence electrons. The summed E-state index contributed by atoms with van der Waals surface area (Å²) in [5, 5.41) is 16.1. The summed E-state index contributed by atoms with van der Waals surface area (Å²) in [4.78, 5) is 21.8. The maximum absolute atomic E-state index is 11.6. The Morgan fingerprint density at radius 2 is 2.20 bits per heavy atom. The SMILES string of the molecule is COc1ccc([N+](=O)[O-])cc1NC(=S)NC(=O)C1CC1. The molecule has 1 aliphatic rings. The first kappa shape index (κ1) is 14.2. The van der Waals surface area contributed by atoms with Crippen LogP contribution in [0.5, 0.6) is 5.75 Å². The van der Waals surface area contributed by atoms with Crippen molar-refractivity contribution in [2.45, 2.75) is 12.8 Å². The van der Waals surface area contributed by atoms with Crippen molar-refractivity contribution in [3.8, 4) is 5.75 Å². The fraction of sp³-hybridized carbons (Fsp3) is 0.333. The largest absolute Gasteiger partial charge is 0.495 e. The lowest BCUT2D eigenvalue weighted by Gasteiger charge is -2.12. The minimum Gasteiger partial charge on any atom is -0.495 e. The zero-order valence-electron chi connectivity index (χ0n) is 10.7. The Kier molecular flexibility index (Phi) is 4.14. The number of nitro groups is 1. The number of anilines is 1. The summed E-state index contributed by atoms with van der Waals surface area (Å²) in [6.45, 7) is 0. The third-order valence-corrected chi connectivity index (χ3v) is 3.03. The van der Waals surface area contributed by atoms with Gasteiger partial charge in [-0.05, 0) is 31.1 Å². The van der Waals surface area contributed by atoms with Crippen molar-refractivity contribution in [1.29, 1.82) is 0 Å². The fourth-order valence-electron chi connectivity index (χ4n) is 1.62. The Morgan fingerprint density at radius 1 is 1.50 bits per heavy atom. The molecule has 0 radical (unpaired) electrons. The lowest BCUT2D eigenvalue weighted by atomic mass is 10.2. The Morgan fingerprint density at radius 3 is 2.75 bits per heavy atom. The van der Waals surface area contributed by atoms with Crippen LogP contribution in [0.25, 0.3) is 0 Å². The minimum absolute atomic E-state index is 0.0294. The van der Waals surface area contributed by atoms with Gasteiger partial charge in [0, 0.05) is 18.1 Å². The van der Waals surface area contributed by atoms with Gasteiger partial charge in [-0.15, -0.1) is 0 Å². The van der Waals surface area contributed by atoms with Gasteiger partial charge in [-0.25, -0.2) is 0 Å². The number of methoxy groups -OCH3 is 1. The average Bonchev–Trinajstić information content (AvgIpc) is 3.22. The number of carbonyl (C=O) groups excluding carboxylic acids is 1. The number of thiocarbonyl (C=S) groups is 1. The predicted molar refractivity (Wildman–Crippen MR) is 76.7 cm³/mol. The number of amides is 1. The molecule has 0 bridgehead atoms. The topological polar surface area (TPSA) is 93.5 Å². The van der Waals surface area contributed by atoms with E-state index in [-0.39, 0.29) is 22.6 Å². The van der Waals surface area contributed by atoms with E-state index >= 15 is 0 Å². The van der Waals surface area contributed by atoms with E-state index in [0.29, 0.717) is 11.4 Å². The van der Waals surface area contributed by atoms with E-state index in [1.807, 2.05) is 0 Å². The van der Waals surface area contributed by atoms with Crippen LogP contribution in [0, 0.1) is 16.0 Å². The molecule has 0 saturated heterocycles. The fourth-order valence-corrected chi connectivity index (χ4v) is 1.83. The highest BCUT2D eigenvalue weighted by molar-refractivity contribution is 7.80. The molecule has 2 N–H and O–H groups in total. The molecule has 0 spiro atoms. The van der Waals surface area contributed by atoms with Gasteiger partial charge in [-0.3, -0.25) is 14.9 Å². The molecular weight excluding hydrogens is 282 g/mol. The summed E-state index contributed by atoms with van der Waals surface area (Å²) in [5.41, 5.74) is 0.243. The summed E-state index contributed by atoms with van der Waals surface area (Å²) in [6, 6.07) is 4.09. The van der Waals surface area contributed by atoms with E-state index in [4.69, 9.17) is 17.0 Å². The molecule has 0 atom stereocenters. The lowest BCUT2D eigenvalue weighted by Crippen LogP contribution is -2.35. The second-order valence-electron chi connectivity index (χ2n) is 4.36. The van der Waals surface area contributed by atoms with Gasteiger partial charge < -0.3 is 15.4 Å². The first-order valence-electron chi connectivity index (χ1n) is 5.95. The minimum atomic E-state index is -0.517. The van der Waals surface area contributed by atoms with E-state index in [0.717, 1.165) is 12.8 Å². The average molecular weight is 295 g/mol. The number of benzene rings is 1. The van der Waals surface area contributed by atoms with Gasteiger partial charge in [-0.1, -0.05) is 0 Å². The summed E-state index contributed by atoms with van der Waals surface area (Å²) in [5.74, 6) is 0.298.